The largest absolute Gasteiger partial charge is 0.394 e. The Morgan fingerprint density at radius 3 is 2.72 bits per heavy atom. The highest BCUT2D eigenvalue weighted by Gasteiger charge is 2.24. The van der Waals surface area contributed by atoms with Gasteiger partial charge >= 0.3 is 0 Å². The lowest BCUT2D eigenvalue weighted by molar-refractivity contribution is 0.108. The first kappa shape index (κ1) is 13.9. The molecule has 1 aromatic carbocycles. The predicted molar refractivity (Wildman–Crippen MR) is 73.1 cm³/mol. The first-order valence-corrected chi connectivity index (χ1v) is 6.94. The molecule has 0 spiro atoms. The van der Waals surface area contributed by atoms with Gasteiger partial charge in [-0.3, -0.25) is 4.90 Å². The standard InChI is InChI=1S/C13H18BrFN2O/c1-9-6-10(14)7-11(13(9)15)12(8-18)17-4-2-16-3-5-17/h6-7,12,16,18H,2-5,8H2,1H3/t12-/m1/s1. The van der Waals surface area contributed by atoms with Crippen LogP contribution in [0.1, 0.15) is 17.2 Å². The summed E-state index contributed by atoms with van der Waals surface area (Å²) in [7, 11) is 0. The maximum absolute atomic E-state index is 14.2. The van der Waals surface area contributed by atoms with Gasteiger partial charge in [0.15, 0.2) is 0 Å². The van der Waals surface area contributed by atoms with E-state index >= 15 is 0 Å². The van der Waals surface area contributed by atoms with Gasteiger partial charge in [0, 0.05) is 36.2 Å². The summed E-state index contributed by atoms with van der Waals surface area (Å²) in [4.78, 5) is 2.13. The molecule has 1 aliphatic rings. The van der Waals surface area contributed by atoms with Crippen LogP contribution in [0.25, 0.3) is 0 Å². The minimum absolute atomic E-state index is 0.0627. The van der Waals surface area contributed by atoms with Crippen molar-refractivity contribution >= 4 is 15.9 Å². The molecule has 1 saturated heterocycles. The topological polar surface area (TPSA) is 35.5 Å². The van der Waals surface area contributed by atoms with E-state index in [0.29, 0.717) is 11.1 Å². The highest BCUT2D eigenvalue weighted by atomic mass is 79.9. The first-order chi connectivity index (χ1) is 8.63. The van der Waals surface area contributed by atoms with E-state index in [-0.39, 0.29) is 18.5 Å². The van der Waals surface area contributed by atoms with Crippen LogP contribution in [0.2, 0.25) is 0 Å². The van der Waals surface area contributed by atoms with Crippen LogP contribution in [0.5, 0.6) is 0 Å². The SMILES string of the molecule is Cc1cc(Br)cc([C@@H](CO)N2CCNCC2)c1F. The zero-order chi connectivity index (χ0) is 13.1. The number of aryl methyl sites for hydroxylation is 1. The molecule has 0 radical (unpaired) electrons. The van der Waals surface area contributed by atoms with Gasteiger partial charge in [-0.1, -0.05) is 15.9 Å². The number of rotatable bonds is 3. The zero-order valence-electron chi connectivity index (χ0n) is 10.4. The number of halogens is 2. The van der Waals surface area contributed by atoms with Crippen molar-refractivity contribution in [3.05, 3.63) is 33.5 Å². The van der Waals surface area contributed by atoms with Crippen molar-refractivity contribution in [1.29, 1.82) is 0 Å². The van der Waals surface area contributed by atoms with Gasteiger partial charge in [-0.25, -0.2) is 4.39 Å². The van der Waals surface area contributed by atoms with Gasteiger partial charge in [-0.2, -0.15) is 0 Å². The maximum atomic E-state index is 14.2. The lowest BCUT2D eigenvalue weighted by Gasteiger charge is -2.34. The van der Waals surface area contributed by atoms with Gasteiger partial charge in [-0.15, -0.1) is 0 Å². The Morgan fingerprint density at radius 1 is 1.44 bits per heavy atom. The van der Waals surface area contributed by atoms with Gasteiger partial charge in [0.2, 0.25) is 0 Å². The van der Waals surface area contributed by atoms with E-state index in [1.807, 2.05) is 0 Å². The van der Waals surface area contributed by atoms with Crippen molar-refractivity contribution in [3.63, 3.8) is 0 Å². The van der Waals surface area contributed by atoms with E-state index in [1.165, 1.54) is 0 Å². The molecule has 0 saturated carbocycles. The van der Waals surface area contributed by atoms with E-state index < -0.39 is 0 Å². The summed E-state index contributed by atoms with van der Waals surface area (Å²) in [5.74, 6) is -0.212. The van der Waals surface area contributed by atoms with Crippen molar-refractivity contribution in [3.8, 4) is 0 Å². The van der Waals surface area contributed by atoms with E-state index in [1.54, 1.807) is 19.1 Å². The quantitative estimate of drug-likeness (QED) is 0.893. The van der Waals surface area contributed by atoms with Gasteiger partial charge in [0.05, 0.1) is 12.6 Å². The number of aliphatic hydroxyl groups excluding tert-OH is 1. The van der Waals surface area contributed by atoms with Crippen molar-refractivity contribution in [2.75, 3.05) is 32.8 Å². The predicted octanol–water partition coefficient (Wildman–Crippen LogP) is 1.84. The van der Waals surface area contributed by atoms with Crippen LogP contribution in [0.3, 0.4) is 0 Å². The second-order valence-electron chi connectivity index (χ2n) is 4.61. The summed E-state index contributed by atoms with van der Waals surface area (Å²) in [5, 5.41) is 12.9. The van der Waals surface area contributed by atoms with Gasteiger partial charge < -0.3 is 10.4 Å². The number of piperazine rings is 1. The number of hydrogen-bond acceptors (Lipinski definition) is 3. The zero-order valence-corrected chi connectivity index (χ0v) is 12.0. The minimum Gasteiger partial charge on any atom is -0.394 e. The molecule has 1 aliphatic heterocycles. The maximum Gasteiger partial charge on any atom is 0.131 e. The van der Waals surface area contributed by atoms with Crippen molar-refractivity contribution in [1.82, 2.24) is 10.2 Å². The molecule has 100 valence electrons. The molecule has 18 heavy (non-hydrogen) atoms. The summed E-state index contributed by atoms with van der Waals surface area (Å²) >= 11 is 3.39. The number of hydrogen-bond donors (Lipinski definition) is 2. The van der Waals surface area contributed by atoms with E-state index in [4.69, 9.17) is 0 Å². The Morgan fingerprint density at radius 2 is 2.11 bits per heavy atom. The fourth-order valence-corrected chi connectivity index (χ4v) is 2.99. The molecule has 0 bridgehead atoms. The van der Waals surface area contributed by atoms with Crippen LogP contribution < -0.4 is 5.32 Å². The summed E-state index contributed by atoms with van der Waals surface area (Å²) < 4.78 is 15.1. The molecule has 2 rings (SSSR count). The van der Waals surface area contributed by atoms with Gasteiger partial charge in [-0.05, 0) is 24.6 Å². The highest BCUT2D eigenvalue weighted by molar-refractivity contribution is 9.10. The van der Waals surface area contributed by atoms with Crippen molar-refractivity contribution in [2.24, 2.45) is 0 Å². The highest BCUT2D eigenvalue weighted by Crippen LogP contribution is 2.28. The first-order valence-electron chi connectivity index (χ1n) is 6.14. The lowest BCUT2D eigenvalue weighted by atomic mass is 10.0. The van der Waals surface area contributed by atoms with Crippen LogP contribution in [-0.2, 0) is 0 Å². The van der Waals surface area contributed by atoms with Crippen LogP contribution in [0, 0.1) is 12.7 Å². The summed E-state index contributed by atoms with van der Waals surface area (Å²) in [5.41, 5.74) is 1.18. The molecule has 0 amide bonds. The summed E-state index contributed by atoms with van der Waals surface area (Å²) in [6.45, 7) is 5.10. The normalized spacial score (nSPS) is 18.9. The van der Waals surface area contributed by atoms with Crippen LogP contribution in [0.15, 0.2) is 16.6 Å². The second-order valence-corrected chi connectivity index (χ2v) is 5.53. The van der Waals surface area contributed by atoms with E-state index in [0.717, 1.165) is 30.7 Å². The fourth-order valence-electron chi connectivity index (χ4n) is 2.40. The summed E-state index contributed by atoms with van der Waals surface area (Å²) in [6.07, 6.45) is 0. The molecule has 0 unspecified atom stereocenters. The molecule has 0 aliphatic carbocycles. The third-order valence-corrected chi connectivity index (χ3v) is 3.83. The Bertz CT molecular complexity index is 422. The van der Waals surface area contributed by atoms with Gasteiger partial charge in [0.25, 0.3) is 0 Å². The third-order valence-electron chi connectivity index (χ3n) is 3.37. The molecule has 5 heteroatoms. The molecular weight excluding hydrogens is 299 g/mol. The number of nitrogens with zero attached hydrogens (tertiary/aromatic N) is 1. The number of benzene rings is 1. The van der Waals surface area contributed by atoms with E-state index in [2.05, 4.69) is 26.1 Å². The Hall–Kier alpha value is -0.490. The molecule has 0 aromatic heterocycles. The molecular formula is C13H18BrFN2O. The molecule has 2 N–H and O–H groups in total. The third kappa shape index (κ3) is 2.91. The van der Waals surface area contributed by atoms with Crippen LogP contribution in [0.4, 0.5) is 4.39 Å². The minimum atomic E-state index is -0.261. The molecule has 1 atom stereocenters. The average molecular weight is 317 g/mol. The lowest BCUT2D eigenvalue weighted by Crippen LogP contribution is -2.46. The van der Waals surface area contributed by atoms with E-state index in [9.17, 15) is 9.50 Å². The fraction of sp³-hybridized carbons (Fsp3) is 0.538. The summed E-state index contributed by atoms with van der Waals surface area (Å²) in [6, 6.07) is 3.26. The molecule has 1 heterocycles. The Labute approximate surface area is 115 Å². The molecule has 1 aromatic rings. The monoisotopic (exact) mass is 316 g/mol. The van der Waals surface area contributed by atoms with Crippen molar-refractivity contribution in [2.45, 2.75) is 13.0 Å². The molecule has 3 nitrogen and oxygen atoms in total. The molecule has 1 fully saturated rings. The Kier molecular flexibility index (Phi) is 4.72. The Balaban J connectivity index is 2.31. The van der Waals surface area contributed by atoms with Crippen molar-refractivity contribution < 1.29 is 9.50 Å². The number of nitrogens with one attached hydrogen (secondary N) is 1. The van der Waals surface area contributed by atoms with Crippen LogP contribution in [-0.4, -0.2) is 42.8 Å². The number of aliphatic hydroxyl groups is 1. The van der Waals surface area contributed by atoms with Crippen LogP contribution >= 0.6 is 15.9 Å². The van der Waals surface area contributed by atoms with Gasteiger partial charge in [0.1, 0.15) is 5.82 Å². The second kappa shape index (κ2) is 6.10. The average Bonchev–Trinajstić information content (AvgIpc) is 2.37. The smallest absolute Gasteiger partial charge is 0.131 e.